The van der Waals surface area contributed by atoms with Crippen molar-refractivity contribution < 1.29 is 18.8 Å². The molecule has 0 unspecified atom stereocenters. The smallest absolute Gasteiger partial charge is 0.335 e. The molecule has 0 bridgehead atoms. The number of benzene rings is 1. The molecule has 1 aromatic carbocycles. The number of fused-ring (bicyclic) bond motifs is 1. The average molecular weight is 221 g/mol. The predicted molar refractivity (Wildman–Crippen MR) is 57.8 cm³/mol. The quantitative estimate of drug-likeness (QED) is 0.834. The molecule has 82 valence electrons. The zero-order valence-corrected chi connectivity index (χ0v) is 8.39. The maximum absolute atomic E-state index is 11.0. The number of aryl methyl sites for hydroxylation is 1. The van der Waals surface area contributed by atoms with E-state index in [9.17, 15) is 4.79 Å². The first-order valence-corrected chi connectivity index (χ1v) is 4.42. The normalized spacial score (nSPS) is 13.9. The van der Waals surface area contributed by atoms with Gasteiger partial charge in [0.2, 0.25) is 0 Å². The molecular formula is C11H10N2O3. The molecule has 0 spiro atoms. The highest BCUT2D eigenvalue weighted by atomic mass is 16.5. The third kappa shape index (κ3) is 1.67. The van der Waals surface area contributed by atoms with E-state index in [0.717, 1.165) is 0 Å². The number of hydrogen-bond donors (Lipinski definition) is 1. The third-order valence-corrected chi connectivity index (χ3v) is 2.12. The van der Waals surface area contributed by atoms with Crippen LogP contribution < -0.4 is 4.74 Å². The van der Waals surface area contributed by atoms with Crippen LogP contribution in [0, 0.1) is 6.85 Å². The molecule has 0 aliphatic carbocycles. The summed E-state index contributed by atoms with van der Waals surface area (Å²) in [5, 5.41) is 16.8. The van der Waals surface area contributed by atoms with Gasteiger partial charge in [-0.3, -0.25) is 0 Å². The van der Waals surface area contributed by atoms with Crippen LogP contribution in [0.2, 0.25) is 0 Å². The molecule has 1 heterocycles. The second kappa shape index (κ2) is 3.77. The first-order chi connectivity index (χ1) is 8.82. The minimum absolute atomic E-state index is 0.00570. The minimum atomic E-state index is -2.40. The van der Waals surface area contributed by atoms with Crippen molar-refractivity contribution >= 4 is 16.9 Å². The van der Waals surface area contributed by atoms with E-state index in [4.69, 9.17) is 14.0 Å². The molecule has 0 saturated carbocycles. The molecule has 0 atom stereocenters. The van der Waals surface area contributed by atoms with Gasteiger partial charge in [-0.05, 0) is 25.1 Å². The fourth-order valence-corrected chi connectivity index (χ4v) is 1.41. The monoisotopic (exact) mass is 221 g/mol. The maximum atomic E-state index is 11.0. The Kier molecular flexibility index (Phi) is 1.69. The summed E-state index contributed by atoms with van der Waals surface area (Å²) in [5.41, 5.74) is 0.124. The van der Waals surface area contributed by atoms with Crippen LogP contribution in [0.25, 0.3) is 10.9 Å². The number of carboxylic acids is 1. The van der Waals surface area contributed by atoms with Crippen molar-refractivity contribution in [2.45, 2.75) is 6.85 Å². The Morgan fingerprint density at radius 2 is 2.25 bits per heavy atom. The van der Waals surface area contributed by atoms with Crippen molar-refractivity contribution in [3.8, 4) is 5.75 Å². The molecule has 2 aromatic rings. The van der Waals surface area contributed by atoms with Crippen molar-refractivity contribution in [2.75, 3.05) is 7.11 Å². The van der Waals surface area contributed by atoms with Gasteiger partial charge < -0.3 is 9.84 Å². The molecule has 16 heavy (non-hydrogen) atoms. The van der Waals surface area contributed by atoms with Gasteiger partial charge >= 0.3 is 5.97 Å². The fourth-order valence-electron chi connectivity index (χ4n) is 1.41. The van der Waals surface area contributed by atoms with Gasteiger partial charge in [-0.15, -0.1) is 5.10 Å². The van der Waals surface area contributed by atoms with Crippen LogP contribution in [-0.2, 0) is 0 Å². The summed E-state index contributed by atoms with van der Waals surface area (Å²) in [6.07, 6.45) is 0. The second-order valence-electron chi connectivity index (χ2n) is 3.15. The molecule has 1 aromatic heterocycles. The largest absolute Gasteiger partial charge is 0.494 e. The summed E-state index contributed by atoms with van der Waals surface area (Å²) in [4.78, 5) is 11.0. The Morgan fingerprint density at radius 1 is 1.44 bits per heavy atom. The Bertz CT molecular complexity index is 655. The van der Waals surface area contributed by atoms with Gasteiger partial charge in [-0.1, -0.05) is 0 Å². The topological polar surface area (TPSA) is 72.3 Å². The van der Waals surface area contributed by atoms with Gasteiger partial charge in [0, 0.05) is 9.50 Å². The molecule has 0 aliphatic rings. The number of carboxylic acid groups (broad SMARTS) is 1. The lowest BCUT2D eigenvalue weighted by Gasteiger charge is -2.06. The second-order valence-corrected chi connectivity index (χ2v) is 3.15. The van der Waals surface area contributed by atoms with Crippen LogP contribution in [0.5, 0.6) is 5.75 Å². The van der Waals surface area contributed by atoms with E-state index in [2.05, 4.69) is 10.2 Å². The molecule has 0 aliphatic heterocycles. The first kappa shape index (κ1) is 7.16. The zero-order valence-electron chi connectivity index (χ0n) is 11.4. The molecule has 2 rings (SSSR count). The van der Waals surface area contributed by atoms with E-state index in [0.29, 0.717) is 10.9 Å². The van der Waals surface area contributed by atoms with Crippen LogP contribution in [0.3, 0.4) is 0 Å². The minimum Gasteiger partial charge on any atom is -0.494 e. The molecule has 0 fully saturated rings. The molecule has 1 N–H and O–H groups in total. The predicted octanol–water partition coefficient (Wildman–Crippen LogP) is 1.65. The highest BCUT2D eigenvalue weighted by molar-refractivity contribution is 5.95. The van der Waals surface area contributed by atoms with E-state index < -0.39 is 12.8 Å². The molecular weight excluding hydrogens is 208 g/mol. The number of aromatic carboxylic acids is 1. The lowest BCUT2D eigenvalue weighted by atomic mass is 10.1. The number of ether oxygens (including phenoxy) is 1. The van der Waals surface area contributed by atoms with Gasteiger partial charge in [0.05, 0.1) is 18.4 Å². The number of rotatable bonds is 2. The van der Waals surface area contributed by atoms with Crippen LogP contribution in [-0.4, -0.2) is 28.4 Å². The highest BCUT2D eigenvalue weighted by Crippen LogP contribution is 2.25. The Morgan fingerprint density at radius 3 is 2.88 bits per heavy atom. The molecule has 0 radical (unpaired) electrons. The van der Waals surface area contributed by atoms with Gasteiger partial charge in [0.1, 0.15) is 11.3 Å². The van der Waals surface area contributed by atoms with E-state index in [1.807, 2.05) is 0 Å². The van der Waals surface area contributed by atoms with Crippen LogP contribution in [0.15, 0.2) is 18.2 Å². The van der Waals surface area contributed by atoms with Gasteiger partial charge in [-0.25, -0.2) is 4.79 Å². The van der Waals surface area contributed by atoms with E-state index in [1.165, 1.54) is 25.3 Å². The van der Waals surface area contributed by atoms with Gasteiger partial charge in [-0.2, -0.15) is 5.10 Å². The summed E-state index contributed by atoms with van der Waals surface area (Å²) in [6, 6.07) is 3.95. The molecule has 5 nitrogen and oxygen atoms in total. The Hall–Kier alpha value is -2.17. The number of aromatic nitrogens is 2. The number of carbonyl (C=O) groups is 1. The first-order valence-electron chi connectivity index (χ1n) is 5.92. The van der Waals surface area contributed by atoms with Crippen molar-refractivity contribution in [2.24, 2.45) is 0 Å². The Balaban J connectivity index is 2.73. The van der Waals surface area contributed by atoms with Crippen molar-refractivity contribution in [1.29, 1.82) is 0 Å². The summed E-state index contributed by atoms with van der Waals surface area (Å²) >= 11 is 0. The molecule has 0 saturated heterocycles. The standard InChI is InChI=1S/C11H10N2O3/c1-6-3-7-4-8(11(14)15)5-9(16-2)10(7)13-12-6/h3-5H,1-2H3,(H,14,15)/i1D3. The molecule has 0 amide bonds. The SMILES string of the molecule is [2H]C([2H])([2H])c1cc2cc(C(=O)O)cc(OC)c2nn1. The van der Waals surface area contributed by atoms with E-state index in [-0.39, 0.29) is 17.0 Å². The highest BCUT2D eigenvalue weighted by Gasteiger charge is 2.10. The van der Waals surface area contributed by atoms with Crippen LogP contribution in [0.1, 0.15) is 20.2 Å². The number of nitrogens with zero attached hydrogens (tertiary/aromatic N) is 2. The maximum Gasteiger partial charge on any atom is 0.335 e. The van der Waals surface area contributed by atoms with Crippen LogP contribution >= 0.6 is 0 Å². The summed E-state index contributed by atoms with van der Waals surface area (Å²) in [6.45, 7) is -2.40. The number of hydrogen-bond acceptors (Lipinski definition) is 4. The van der Waals surface area contributed by atoms with Crippen molar-refractivity contribution in [1.82, 2.24) is 10.2 Å². The van der Waals surface area contributed by atoms with Gasteiger partial charge in [0.25, 0.3) is 0 Å². The summed E-state index contributed by atoms with van der Waals surface area (Å²) in [7, 11) is 1.37. The van der Waals surface area contributed by atoms with E-state index >= 15 is 0 Å². The fraction of sp³-hybridized carbons (Fsp3) is 0.182. The zero-order chi connectivity index (χ0) is 14.2. The summed E-state index contributed by atoms with van der Waals surface area (Å²) in [5.74, 6) is -0.896. The average Bonchev–Trinajstić information content (AvgIpc) is 2.35. The molecule has 5 heteroatoms. The third-order valence-electron chi connectivity index (χ3n) is 2.12. The van der Waals surface area contributed by atoms with Crippen LogP contribution in [0.4, 0.5) is 0 Å². The van der Waals surface area contributed by atoms with E-state index in [1.54, 1.807) is 0 Å². The van der Waals surface area contributed by atoms with Crippen molar-refractivity contribution in [3.63, 3.8) is 0 Å². The Labute approximate surface area is 95.9 Å². The lowest BCUT2D eigenvalue weighted by molar-refractivity contribution is 0.0696. The lowest BCUT2D eigenvalue weighted by Crippen LogP contribution is -1.99. The number of methoxy groups -OCH3 is 1. The van der Waals surface area contributed by atoms with Crippen molar-refractivity contribution in [3.05, 3.63) is 29.5 Å². The van der Waals surface area contributed by atoms with Gasteiger partial charge in [0.15, 0.2) is 0 Å². The summed E-state index contributed by atoms with van der Waals surface area (Å²) < 4.78 is 26.8.